The molecule has 0 aliphatic heterocycles. The molecule has 3 aliphatic rings. The molecular formula is C71H71BrClF3N20O6. The number of aromatic amines is 3. The number of aryl methyl sites for hydroxylation is 1. The fraction of sp³-hybridized carbons (Fsp3) is 0.324. The third kappa shape index (κ3) is 13.4. The summed E-state index contributed by atoms with van der Waals surface area (Å²) in [5, 5.41) is 26.8. The van der Waals surface area contributed by atoms with E-state index in [9.17, 15) is 32.7 Å². The Hall–Kier alpha value is -10.9. The Bertz CT molecular complexity index is 5310. The van der Waals surface area contributed by atoms with Crippen LogP contribution in [0.3, 0.4) is 0 Å². The number of H-pyrrole nitrogens is 3. The largest absolute Gasteiger partial charge is 0.495 e. The van der Waals surface area contributed by atoms with E-state index in [0.717, 1.165) is 146 Å². The predicted octanol–water partition coefficient (Wildman–Crippen LogP) is 13.5. The standard InChI is InChI=1S/C26H25ClN8O.C24H25F3N6O2.C21H21BrN6O3/c1-14-5-10-18(12-29-14)32-26(36)16-8-6-15(7-9-16)25-34-22(23-24(28)30-13-31-35(23)25)20-11-17-3-2-4-19(27)21(17)33-20;1-35-17-4-2-3-15-11-16(31-18(15)17)19-20-21(28)29-9-10-33(20)22(32-19)14-7-5-13(6-8-14)12-30-23(34)24(25,26)27;1-31-15-7-6-13(22)12-8-14(26-16(12)15)17-18-19(23)24-9-25-28(18)20(27-17)10-2-4-11(5-3-10)21(29)30/h2-5,10-13,15-16,33H,6-9H2,1H3,(H,32,36)(H2,28,30,31);2-4,9-11,13-14,31H,5-8,12H2,1H3,(H2,28,29)(H,30,34);6-11,26H,2-5H2,1H3,(H,29,30)(H2,23,24,25). The number of carbonyl (C=O) groups is 3. The Morgan fingerprint density at radius 1 is 0.637 bits per heavy atom. The van der Waals surface area contributed by atoms with Gasteiger partial charge in [-0.3, -0.25) is 23.8 Å². The van der Waals surface area contributed by atoms with Gasteiger partial charge < -0.3 is 57.4 Å². The maximum Gasteiger partial charge on any atom is 0.471 e. The first kappa shape index (κ1) is 68.3. The van der Waals surface area contributed by atoms with Crippen molar-refractivity contribution in [2.24, 2.45) is 17.8 Å². The van der Waals surface area contributed by atoms with E-state index in [1.54, 1.807) is 35.6 Å². The van der Waals surface area contributed by atoms with Crippen molar-refractivity contribution in [3.63, 3.8) is 0 Å². The fourth-order valence-corrected chi connectivity index (χ4v) is 15.2. The molecule has 12 N–H and O–H groups in total. The van der Waals surface area contributed by atoms with Crippen LogP contribution in [0.25, 0.3) is 83.4 Å². The number of nitrogens with zero attached hydrogens (tertiary/aromatic N) is 12. The molecule has 13 aromatic rings. The lowest BCUT2D eigenvalue weighted by Crippen LogP contribution is -2.40. The van der Waals surface area contributed by atoms with Gasteiger partial charge in [-0.2, -0.15) is 23.4 Å². The van der Waals surface area contributed by atoms with Gasteiger partial charge in [-0.05, 0) is 144 Å². The molecule has 10 aromatic heterocycles. The molecule has 0 saturated heterocycles. The highest BCUT2D eigenvalue weighted by Gasteiger charge is 2.40. The zero-order valence-electron chi connectivity index (χ0n) is 55.5. The number of methoxy groups -OCH3 is 2. The molecule has 0 unspecified atom stereocenters. The Morgan fingerprint density at radius 2 is 1.17 bits per heavy atom. The summed E-state index contributed by atoms with van der Waals surface area (Å²) >= 11 is 9.99. The van der Waals surface area contributed by atoms with Crippen molar-refractivity contribution >= 4 is 118 Å². The molecule has 26 nitrogen and oxygen atoms in total. The Morgan fingerprint density at radius 3 is 1.75 bits per heavy atom. The molecule has 16 rings (SSSR count). The first-order valence-corrected chi connectivity index (χ1v) is 34.6. The number of para-hydroxylation sites is 2. The number of hydrogen-bond donors (Lipinski definition) is 9. The Kier molecular flexibility index (Phi) is 18.9. The van der Waals surface area contributed by atoms with Gasteiger partial charge in [-0.1, -0.05) is 51.8 Å². The first-order valence-electron chi connectivity index (χ1n) is 33.4. The SMILES string of the molecule is COc1ccc(Br)c2cc(-c3nc(C4CCC(C(=O)O)CC4)n4ncnc(N)c34)[nH]c12.COc1cccc2cc(-c3nc(C4CCC(CNC(=O)C(F)(F)F)CC4)n4ccnc(N)c34)[nH]c12.Cc1ccc(NC(=O)C2CCC(c3nc(-c4cc5cccc(Cl)c5[nH]4)c4c(N)ncnn34)CC2)cn1. The number of hydrogen-bond acceptors (Lipinski definition) is 17. The maximum absolute atomic E-state index is 12.8. The molecular weight excluding hydrogens is 1400 g/mol. The molecule has 0 spiro atoms. The lowest BCUT2D eigenvalue weighted by atomic mass is 9.81. The summed E-state index contributed by atoms with van der Waals surface area (Å²) in [5.74, 6) is 2.41. The highest BCUT2D eigenvalue weighted by atomic mass is 79.9. The molecule has 31 heteroatoms. The third-order valence-electron chi connectivity index (χ3n) is 19.8. The number of carboxylic acid groups (broad SMARTS) is 1. The van der Waals surface area contributed by atoms with Crippen molar-refractivity contribution < 1.29 is 42.1 Å². The molecule has 0 atom stereocenters. The second-order valence-corrected chi connectivity index (χ2v) is 27.3. The van der Waals surface area contributed by atoms with Crippen molar-refractivity contribution in [1.82, 2.24) is 78.8 Å². The molecule has 3 fully saturated rings. The van der Waals surface area contributed by atoms with Gasteiger partial charge in [0, 0.05) is 68.9 Å². The number of halogens is 5. The number of aromatic nitrogens is 15. The third-order valence-corrected chi connectivity index (χ3v) is 20.8. The number of benzene rings is 3. The van der Waals surface area contributed by atoms with Crippen LogP contribution in [0.2, 0.25) is 5.02 Å². The van der Waals surface area contributed by atoms with Crippen LogP contribution in [0.5, 0.6) is 11.5 Å². The first-order chi connectivity index (χ1) is 49.2. The number of aliphatic carboxylic acids is 1. The van der Waals surface area contributed by atoms with E-state index >= 15 is 0 Å². The van der Waals surface area contributed by atoms with E-state index in [1.807, 2.05) is 102 Å². The monoisotopic (exact) mass is 1470 g/mol. The summed E-state index contributed by atoms with van der Waals surface area (Å²) < 4.78 is 54.8. The number of nitrogens with two attached hydrogens (primary N) is 3. The minimum atomic E-state index is -4.86. The van der Waals surface area contributed by atoms with Gasteiger partial charge in [0.25, 0.3) is 0 Å². The summed E-state index contributed by atoms with van der Waals surface area (Å²) in [6.07, 6.45) is 12.0. The molecule has 3 saturated carbocycles. The number of anilines is 4. The molecule has 10 heterocycles. The highest BCUT2D eigenvalue weighted by molar-refractivity contribution is 9.10. The van der Waals surface area contributed by atoms with Gasteiger partial charge in [0.1, 0.15) is 81.1 Å². The molecule has 3 aromatic carbocycles. The normalized spacial score (nSPS) is 18.6. The van der Waals surface area contributed by atoms with Crippen LogP contribution < -0.4 is 37.3 Å². The van der Waals surface area contributed by atoms with Crippen molar-refractivity contribution in [1.29, 1.82) is 0 Å². The lowest BCUT2D eigenvalue weighted by Gasteiger charge is -2.28. The number of carbonyl (C=O) groups excluding carboxylic acids is 2. The van der Waals surface area contributed by atoms with Crippen LogP contribution in [0.15, 0.2) is 115 Å². The number of amides is 2. The van der Waals surface area contributed by atoms with Gasteiger partial charge in [-0.25, -0.2) is 38.9 Å². The minimum absolute atomic E-state index is 0.00356. The van der Waals surface area contributed by atoms with E-state index in [0.29, 0.717) is 81.8 Å². The number of fused-ring (bicyclic) bond motifs is 6. The number of nitrogens with one attached hydrogen (secondary N) is 5. The van der Waals surface area contributed by atoms with Crippen LogP contribution >= 0.6 is 27.5 Å². The zero-order valence-corrected chi connectivity index (χ0v) is 57.9. The molecule has 0 radical (unpaired) electrons. The maximum atomic E-state index is 12.8. The number of ether oxygens (including phenoxy) is 2. The van der Waals surface area contributed by atoms with Crippen LogP contribution in [-0.4, -0.2) is 123 Å². The van der Waals surface area contributed by atoms with E-state index in [2.05, 4.69) is 66.3 Å². The van der Waals surface area contributed by atoms with Crippen molar-refractivity contribution in [2.45, 2.75) is 108 Å². The van der Waals surface area contributed by atoms with Crippen molar-refractivity contribution in [3.05, 3.63) is 143 Å². The predicted molar refractivity (Wildman–Crippen MR) is 384 cm³/mol. The van der Waals surface area contributed by atoms with E-state index < -0.39 is 18.1 Å². The van der Waals surface area contributed by atoms with Crippen molar-refractivity contribution in [3.8, 4) is 45.7 Å². The number of rotatable bonds is 13. The number of imidazole rings is 3. The number of nitrogen functional groups attached to an aromatic ring is 3. The summed E-state index contributed by atoms with van der Waals surface area (Å²) in [7, 11) is 3.25. The topological polar surface area (TPSA) is 369 Å². The Labute approximate surface area is 592 Å². The number of pyridine rings is 1. The molecule has 3 aliphatic carbocycles. The molecule has 2 amide bonds. The van der Waals surface area contributed by atoms with Crippen molar-refractivity contribution in [2.75, 3.05) is 43.3 Å². The minimum Gasteiger partial charge on any atom is -0.495 e. The van der Waals surface area contributed by atoms with Crippen LogP contribution in [-0.2, 0) is 14.4 Å². The highest BCUT2D eigenvalue weighted by Crippen LogP contribution is 2.44. The number of carboxylic acids is 1. The zero-order chi connectivity index (χ0) is 71.3. The van der Waals surface area contributed by atoms with Crippen LogP contribution in [0, 0.1) is 24.7 Å². The van der Waals surface area contributed by atoms with Gasteiger partial charge in [0.05, 0.1) is 70.7 Å². The fourth-order valence-electron chi connectivity index (χ4n) is 14.5. The summed E-state index contributed by atoms with van der Waals surface area (Å²) in [5.41, 5.74) is 29.4. The van der Waals surface area contributed by atoms with Crippen LogP contribution in [0.4, 0.5) is 36.3 Å². The quantitative estimate of drug-likeness (QED) is 0.0518. The lowest BCUT2D eigenvalue weighted by molar-refractivity contribution is -0.173. The van der Waals surface area contributed by atoms with E-state index in [1.165, 1.54) is 12.7 Å². The average molecular weight is 1470 g/mol. The second kappa shape index (κ2) is 28.3. The Balaban J connectivity index is 0.000000130. The molecule has 0 bridgehead atoms. The average Bonchev–Trinajstić information content (AvgIpc) is 1.61. The van der Waals surface area contributed by atoms with E-state index in [-0.39, 0.29) is 48.0 Å². The van der Waals surface area contributed by atoms with Gasteiger partial charge in [0.2, 0.25) is 5.91 Å². The molecule has 102 heavy (non-hydrogen) atoms. The smallest absolute Gasteiger partial charge is 0.471 e. The summed E-state index contributed by atoms with van der Waals surface area (Å²) in [6.45, 7) is 1.94. The van der Waals surface area contributed by atoms with Gasteiger partial charge in [-0.15, -0.1) is 0 Å². The van der Waals surface area contributed by atoms with Crippen LogP contribution in [0.1, 0.15) is 118 Å². The van der Waals surface area contributed by atoms with Gasteiger partial charge in [0.15, 0.2) is 11.6 Å². The summed E-state index contributed by atoms with van der Waals surface area (Å²) in [4.78, 5) is 77.3. The second-order valence-electron chi connectivity index (χ2n) is 26.1. The molecule has 526 valence electrons. The van der Waals surface area contributed by atoms with E-state index in [4.69, 9.17) is 53.2 Å². The number of alkyl halides is 3. The summed E-state index contributed by atoms with van der Waals surface area (Å²) in [6, 6.07) is 25.2. The van der Waals surface area contributed by atoms with Gasteiger partial charge >= 0.3 is 18.1 Å².